The van der Waals surface area contributed by atoms with Gasteiger partial charge in [-0.05, 0) is 35.9 Å². The molecule has 5 nitrogen and oxygen atoms in total. The minimum Gasteiger partial charge on any atom is -0.307 e. The molecule has 0 amide bonds. The summed E-state index contributed by atoms with van der Waals surface area (Å²) in [7, 11) is 0. The summed E-state index contributed by atoms with van der Waals surface area (Å²) in [6.45, 7) is 0. The van der Waals surface area contributed by atoms with Gasteiger partial charge in [-0.1, -0.05) is 170 Å². The van der Waals surface area contributed by atoms with Crippen molar-refractivity contribution in [1.82, 2.24) is 24.1 Å². The molecule has 0 unspecified atom stereocenters. The Morgan fingerprint density at radius 3 is 1.36 bits per heavy atom. The highest BCUT2D eigenvalue weighted by Crippen LogP contribution is 2.43. The molecule has 0 saturated carbocycles. The monoisotopic (exact) mass is 715 g/mol. The molecule has 3 aromatic heterocycles. The van der Waals surface area contributed by atoms with Gasteiger partial charge in [0.15, 0.2) is 17.5 Å². The topological polar surface area (TPSA) is 48.5 Å². The summed E-state index contributed by atoms with van der Waals surface area (Å²) in [5.41, 5.74) is 11.9. The van der Waals surface area contributed by atoms with Gasteiger partial charge in [0.25, 0.3) is 0 Å². The summed E-state index contributed by atoms with van der Waals surface area (Å²) in [5, 5.41) is 4.80. The maximum absolute atomic E-state index is 5.08. The van der Waals surface area contributed by atoms with Crippen LogP contribution in [-0.4, -0.2) is 24.1 Å². The molecule has 11 aromatic rings. The zero-order valence-electron chi connectivity index (χ0n) is 30.3. The Labute approximate surface area is 323 Å². The predicted octanol–water partition coefficient (Wildman–Crippen LogP) is 12.7. The van der Waals surface area contributed by atoms with Crippen LogP contribution in [0.4, 0.5) is 0 Å². The van der Waals surface area contributed by atoms with Crippen molar-refractivity contribution in [1.29, 1.82) is 0 Å². The summed E-state index contributed by atoms with van der Waals surface area (Å²) in [6, 6.07) is 70.4. The first-order valence-corrected chi connectivity index (χ1v) is 18.9. The van der Waals surface area contributed by atoms with E-state index in [1.54, 1.807) is 0 Å². The van der Waals surface area contributed by atoms with Crippen LogP contribution in [0, 0.1) is 0 Å². The summed E-state index contributed by atoms with van der Waals surface area (Å²) in [5.74, 6) is 1.90. The maximum atomic E-state index is 5.08. The summed E-state index contributed by atoms with van der Waals surface area (Å²) >= 11 is 0. The van der Waals surface area contributed by atoms with Gasteiger partial charge in [0.05, 0.1) is 27.8 Å². The van der Waals surface area contributed by atoms with Crippen molar-refractivity contribution < 1.29 is 0 Å². The molecule has 0 saturated heterocycles. The van der Waals surface area contributed by atoms with Gasteiger partial charge < -0.3 is 9.13 Å². The van der Waals surface area contributed by atoms with Crippen molar-refractivity contribution in [3.63, 3.8) is 0 Å². The molecule has 0 N–H and O–H groups in total. The molecule has 0 bridgehead atoms. The fourth-order valence-corrected chi connectivity index (χ4v) is 8.27. The molecule has 262 valence electrons. The number of para-hydroxylation sites is 3. The van der Waals surface area contributed by atoms with Crippen LogP contribution in [0.5, 0.6) is 0 Å². The van der Waals surface area contributed by atoms with Gasteiger partial charge in [-0.15, -0.1) is 0 Å². The lowest BCUT2D eigenvalue weighted by molar-refractivity contribution is 1.07. The van der Waals surface area contributed by atoms with E-state index in [-0.39, 0.29) is 0 Å². The molecule has 0 aliphatic heterocycles. The number of hydrogen-bond acceptors (Lipinski definition) is 3. The Morgan fingerprint density at radius 2 is 0.750 bits per heavy atom. The molecular weight excluding hydrogens is 683 g/mol. The zero-order chi connectivity index (χ0) is 37.0. The third kappa shape index (κ3) is 5.13. The van der Waals surface area contributed by atoms with Crippen molar-refractivity contribution in [2.24, 2.45) is 0 Å². The molecule has 3 heterocycles. The second-order valence-corrected chi connectivity index (χ2v) is 14.0. The molecule has 5 heteroatoms. The van der Waals surface area contributed by atoms with Crippen LogP contribution in [0.1, 0.15) is 0 Å². The first-order valence-electron chi connectivity index (χ1n) is 18.9. The molecule has 0 aliphatic carbocycles. The number of benzene rings is 8. The lowest BCUT2D eigenvalue weighted by atomic mass is 10.0. The highest BCUT2D eigenvalue weighted by atomic mass is 15.1. The Balaban J connectivity index is 1.21. The quantitative estimate of drug-likeness (QED) is 0.172. The lowest BCUT2D eigenvalue weighted by Gasteiger charge is -2.16. The van der Waals surface area contributed by atoms with Crippen LogP contribution < -0.4 is 0 Å². The van der Waals surface area contributed by atoms with Crippen molar-refractivity contribution in [3.8, 4) is 56.7 Å². The summed E-state index contributed by atoms with van der Waals surface area (Å²) < 4.78 is 4.90. The molecule has 56 heavy (non-hydrogen) atoms. The Kier molecular flexibility index (Phi) is 7.42. The standard InChI is InChI=1S/C51H33N5/c1-4-17-34(18-5-1)39-25-10-13-28-44(39)56-46-30-15-12-27-41(46)43-32-31-42-40-26-11-14-29-45(40)55(47(42)48(43)56)38-24-16-23-37(33-38)51-53-49(35-19-6-2-7-20-35)52-50(54-51)36-21-8-3-9-22-36/h1-33H. The minimum absolute atomic E-state index is 0.622. The van der Waals surface area contributed by atoms with Crippen molar-refractivity contribution >= 4 is 43.6 Å². The van der Waals surface area contributed by atoms with Crippen molar-refractivity contribution in [2.75, 3.05) is 0 Å². The molecular formula is C51H33N5. The number of nitrogens with zero attached hydrogens (tertiary/aromatic N) is 5. The zero-order valence-corrected chi connectivity index (χ0v) is 30.3. The first kappa shape index (κ1) is 31.9. The van der Waals surface area contributed by atoms with Gasteiger partial charge in [0, 0.05) is 49.5 Å². The van der Waals surface area contributed by atoms with Gasteiger partial charge in [-0.2, -0.15) is 0 Å². The second-order valence-electron chi connectivity index (χ2n) is 14.0. The maximum Gasteiger partial charge on any atom is 0.164 e. The van der Waals surface area contributed by atoms with Crippen LogP contribution >= 0.6 is 0 Å². The van der Waals surface area contributed by atoms with Crippen LogP contribution in [-0.2, 0) is 0 Å². The SMILES string of the molecule is c1ccc(-c2nc(-c3ccccc3)nc(-c3cccc(-n4c5ccccc5c5ccc6c7ccccc7n(-c7ccccc7-c7ccccc7)c6c54)c3)n2)cc1. The molecule has 8 aromatic carbocycles. The highest BCUT2D eigenvalue weighted by molar-refractivity contribution is 6.24. The van der Waals surface area contributed by atoms with Gasteiger partial charge in [0.1, 0.15) is 0 Å². The first-order chi connectivity index (χ1) is 27.8. The molecule has 0 radical (unpaired) electrons. The fourth-order valence-electron chi connectivity index (χ4n) is 8.27. The second kappa shape index (κ2) is 13.0. The third-order valence-electron chi connectivity index (χ3n) is 10.8. The van der Waals surface area contributed by atoms with E-state index in [4.69, 9.17) is 15.0 Å². The lowest BCUT2D eigenvalue weighted by Crippen LogP contribution is -2.02. The Bertz CT molecular complexity index is 3180. The summed E-state index contributed by atoms with van der Waals surface area (Å²) in [6.07, 6.45) is 0. The van der Waals surface area contributed by atoms with Crippen LogP contribution in [0.2, 0.25) is 0 Å². The molecule has 11 rings (SSSR count). The smallest absolute Gasteiger partial charge is 0.164 e. The average Bonchev–Trinajstić information content (AvgIpc) is 3.80. The van der Waals surface area contributed by atoms with E-state index >= 15 is 0 Å². The van der Waals surface area contributed by atoms with E-state index in [0.29, 0.717) is 17.5 Å². The van der Waals surface area contributed by atoms with E-state index < -0.39 is 0 Å². The van der Waals surface area contributed by atoms with E-state index in [1.807, 2.05) is 60.7 Å². The van der Waals surface area contributed by atoms with Crippen LogP contribution in [0.3, 0.4) is 0 Å². The van der Waals surface area contributed by atoms with Crippen LogP contribution in [0.15, 0.2) is 200 Å². The van der Waals surface area contributed by atoms with Crippen molar-refractivity contribution in [2.45, 2.75) is 0 Å². The number of fused-ring (bicyclic) bond motifs is 7. The van der Waals surface area contributed by atoms with E-state index in [0.717, 1.165) is 50.1 Å². The molecule has 0 spiro atoms. The molecule has 0 fully saturated rings. The van der Waals surface area contributed by atoms with E-state index in [9.17, 15) is 0 Å². The number of aromatic nitrogens is 5. The molecule has 0 aliphatic rings. The van der Waals surface area contributed by atoms with E-state index in [2.05, 4.69) is 149 Å². The number of rotatable bonds is 6. The van der Waals surface area contributed by atoms with Gasteiger partial charge in [-0.25, -0.2) is 15.0 Å². The Hall–Kier alpha value is -7.63. The Morgan fingerprint density at radius 1 is 0.304 bits per heavy atom. The largest absolute Gasteiger partial charge is 0.307 e. The van der Waals surface area contributed by atoms with E-state index in [1.165, 1.54) is 32.7 Å². The van der Waals surface area contributed by atoms with Crippen LogP contribution in [0.25, 0.3) is 100 Å². The number of hydrogen-bond donors (Lipinski definition) is 0. The normalized spacial score (nSPS) is 11.6. The van der Waals surface area contributed by atoms with Gasteiger partial charge in [0.2, 0.25) is 0 Å². The van der Waals surface area contributed by atoms with Gasteiger partial charge >= 0.3 is 0 Å². The highest BCUT2D eigenvalue weighted by Gasteiger charge is 2.23. The predicted molar refractivity (Wildman–Crippen MR) is 230 cm³/mol. The van der Waals surface area contributed by atoms with Crippen molar-refractivity contribution in [3.05, 3.63) is 200 Å². The van der Waals surface area contributed by atoms with Gasteiger partial charge in [-0.3, -0.25) is 0 Å². The third-order valence-corrected chi connectivity index (χ3v) is 10.8. The summed E-state index contributed by atoms with van der Waals surface area (Å²) in [4.78, 5) is 15.1. The minimum atomic E-state index is 0.622. The molecule has 0 atom stereocenters. The average molecular weight is 716 g/mol. The fraction of sp³-hybridized carbons (Fsp3) is 0.